The summed E-state index contributed by atoms with van der Waals surface area (Å²) in [6, 6.07) is 4.19. The molecule has 0 spiro atoms. The summed E-state index contributed by atoms with van der Waals surface area (Å²) in [6.07, 6.45) is 2.13. The first kappa shape index (κ1) is 12.8. The molecule has 0 heterocycles. The van der Waals surface area contributed by atoms with E-state index in [1.165, 1.54) is 25.2 Å². The van der Waals surface area contributed by atoms with Crippen LogP contribution in [-0.2, 0) is 10.0 Å². The quantitative estimate of drug-likeness (QED) is 0.818. The Morgan fingerprint density at radius 1 is 1.44 bits per heavy atom. The molecule has 1 aliphatic rings. The van der Waals surface area contributed by atoms with Crippen molar-refractivity contribution in [3.05, 3.63) is 23.8 Å². The molecular weight excluding hydrogens is 256 g/mol. The highest BCUT2D eigenvalue weighted by molar-refractivity contribution is 7.89. The van der Waals surface area contributed by atoms with Crippen molar-refractivity contribution in [3.63, 3.8) is 0 Å². The summed E-state index contributed by atoms with van der Waals surface area (Å²) in [5.74, 6) is -0.0382. The third-order valence-electron chi connectivity index (χ3n) is 2.56. The predicted octanol–water partition coefficient (Wildman–Crippen LogP) is 0.235. The summed E-state index contributed by atoms with van der Waals surface area (Å²) in [7, 11) is -2.51. The molecule has 0 radical (unpaired) electrons. The average Bonchev–Trinajstić information content (AvgIpc) is 3.10. The summed E-state index contributed by atoms with van der Waals surface area (Å²) in [5, 5.41) is 7.44. The second-order valence-corrected chi connectivity index (χ2v) is 5.63. The molecule has 0 atom stereocenters. The smallest absolute Gasteiger partial charge is 0.252 e. The van der Waals surface area contributed by atoms with E-state index in [1.807, 2.05) is 0 Å². The third kappa shape index (κ3) is 2.80. The monoisotopic (exact) mass is 270 g/mol. The first-order valence-corrected chi connectivity index (χ1v) is 7.02. The molecule has 18 heavy (non-hydrogen) atoms. The van der Waals surface area contributed by atoms with Gasteiger partial charge >= 0.3 is 0 Å². The molecule has 1 amide bonds. The maximum Gasteiger partial charge on any atom is 0.252 e. The third-order valence-corrected chi connectivity index (χ3v) is 3.53. The molecule has 98 valence electrons. The first-order valence-electron chi connectivity index (χ1n) is 5.47. The van der Waals surface area contributed by atoms with Crippen LogP contribution < -0.4 is 15.2 Å². The Kier molecular flexibility index (Phi) is 3.27. The van der Waals surface area contributed by atoms with Crippen LogP contribution in [0.2, 0.25) is 0 Å². The van der Waals surface area contributed by atoms with Crippen LogP contribution in [0.15, 0.2) is 23.1 Å². The fraction of sp³-hybridized carbons (Fsp3) is 0.364. The lowest BCUT2D eigenvalue weighted by atomic mass is 10.2. The number of sulfonamides is 1. The molecule has 1 saturated carbocycles. The molecule has 1 fully saturated rings. The Bertz CT molecular complexity index is 579. The maximum atomic E-state index is 11.6. The number of nitrogens with two attached hydrogens (primary N) is 1. The highest BCUT2D eigenvalue weighted by Gasteiger charge is 2.25. The molecule has 0 bridgehead atoms. The van der Waals surface area contributed by atoms with Gasteiger partial charge in [-0.1, -0.05) is 0 Å². The van der Waals surface area contributed by atoms with Crippen molar-refractivity contribution < 1.29 is 17.9 Å². The summed E-state index contributed by atoms with van der Waals surface area (Å²) in [5.41, 5.74) is -0.00171. The Morgan fingerprint density at radius 2 is 2.11 bits per heavy atom. The normalized spacial score (nSPS) is 15.2. The molecule has 0 saturated heterocycles. The van der Waals surface area contributed by atoms with Gasteiger partial charge in [-0.25, -0.2) is 13.6 Å². The van der Waals surface area contributed by atoms with Crippen LogP contribution in [0, 0.1) is 0 Å². The molecular formula is C11H14N2O4S. The molecule has 1 aliphatic carbocycles. The van der Waals surface area contributed by atoms with E-state index in [0.29, 0.717) is 5.75 Å². The van der Waals surface area contributed by atoms with Gasteiger partial charge in [0, 0.05) is 7.05 Å². The Hall–Kier alpha value is -1.60. The number of amides is 1. The standard InChI is InChI=1S/C11H14N2O4S/c1-13-11(14)9-6-8(17-7-2-3-7)4-5-10(9)18(12,15)16/h4-7H,2-3H2,1H3,(H,13,14)(H2,12,15,16). The number of primary sulfonamides is 1. The lowest BCUT2D eigenvalue weighted by Gasteiger charge is -2.10. The van der Waals surface area contributed by atoms with E-state index in [4.69, 9.17) is 9.88 Å². The Morgan fingerprint density at radius 3 is 2.61 bits per heavy atom. The molecule has 7 heteroatoms. The van der Waals surface area contributed by atoms with Crippen molar-refractivity contribution >= 4 is 15.9 Å². The highest BCUT2D eigenvalue weighted by Crippen LogP contribution is 2.28. The SMILES string of the molecule is CNC(=O)c1cc(OC2CC2)ccc1S(N)(=O)=O. The van der Waals surface area contributed by atoms with Crippen molar-refractivity contribution in [3.8, 4) is 5.75 Å². The number of benzene rings is 1. The second-order valence-electron chi connectivity index (χ2n) is 4.10. The maximum absolute atomic E-state index is 11.6. The average molecular weight is 270 g/mol. The minimum absolute atomic E-state index is 0.00171. The van der Waals surface area contributed by atoms with Crippen molar-refractivity contribution in [2.75, 3.05) is 7.05 Å². The number of carbonyl (C=O) groups is 1. The van der Waals surface area contributed by atoms with E-state index in [9.17, 15) is 13.2 Å². The molecule has 0 unspecified atom stereocenters. The van der Waals surface area contributed by atoms with Crippen molar-refractivity contribution in [1.82, 2.24) is 5.32 Å². The fourth-order valence-corrected chi connectivity index (χ4v) is 2.24. The Labute approximate surface area is 105 Å². The first-order chi connectivity index (χ1) is 8.41. The van der Waals surface area contributed by atoms with Gasteiger partial charge in [0.15, 0.2) is 0 Å². The summed E-state index contributed by atoms with van der Waals surface area (Å²) in [4.78, 5) is 11.4. The lowest BCUT2D eigenvalue weighted by molar-refractivity contribution is 0.0959. The number of nitrogens with one attached hydrogen (secondary N) is 1. The van der Waals surface area contributed by atoms with Crippen LogP contribution in [0.25, 0.3) is 0 Å². The van der Waals surface area contributed by atoms with E-state index < -0.39 is 15.9 Å². The van der Waals surface area contributed by atoms with Crippen molar-refractivity contribution in [2.24, 2.45) is 5.14 Å². The van der Waals surface area contributed by atoms with Crippen LogP contribution in [0.1, 0.15) is 23.2 Å². The van der Waals surface area contributed by atoms with E-state index in [2.05, 4.69) is 5.32 Å². The molecule has 0 aromatic heterocycles. The number of rotatable bonds is 4. The van der Waals surface area contributed by atoms with Crippen LogP contribution >= 0.6 is 0 Å². The van der Waals surface area contributed by atoms with Crippen LogP contribution in [-0.4, -0.2) is 27.5 Å². The zero-order valence-corrected chi connectivity index (χ0v) is 10.7. The lowest BCUT2D eigenvalue weighted by Crippen LogP contribution is -2.23. The van der Waals surface area contributed by atoms with E-state index in [1.54, 1.807) is 0 Å². The van der Waals surface area contributed by atoms with Crippen molar-refractivity contribution in [2.45, 2.75) is 23.8 Å². The number of hydrogen-bond acceptors (Lipinski definition) is 4. The van der Waals surface area contributed by atoms with Gasteiger partial charge in [-0.05, 0) is 31.0 Å². The Balaban J connectivity index is 2.43. The van der Waals surface area contributed by atoms with Gasteiger partial charge in [0.1, 0.15) is 5.75 Å². The van der Waals surface area contributed by atoms with Crippen LogP contribution in [0.3, 0.4) is 0 Å². The van der Waals surface area contributed by atoms with Gasteiger partial charge in [-0.2, -0.15) is 0 Å². The zero-order chi connectivity index (χ0) is 13.3. The van der Waals surface area contributed by atoms with E-state index >= 15 is 0 Å². The van der Waals surface area contributed by atoms with Gasteiger partial charge in [0.2, 0.25) is 10.0 Å². The molecule has 6 nitrogen and oxygen atoms in total. The molecule has 0 aliphatic heterocycles. The minimum Gasteiger partial charge on any atom is -0.490 e. The van der Waals surface area contributed by atoms with Gasteiger partial charge in [-0.3, -0.25) is 4.79 Å². The number of hydrogen-bond donors (Lipinski definition) is 2. The van der Waals surface area contributed by atoms with E-state index in [-0.39, 0.29) is 16.6 Å². The van der Waals surface area contributed by atoms with Crippen molar-refractivity contribution in [1.29, 1.82) is 0 Å². The van der Waals surface area contributed by atoms with Gasteiger partial charge < -0.3 is 10.1 Å². The predicted molar refractivity (Wildman–Crippen MR) is 64.9 cm³/mol. The minimum atomic E-state index is -3.93. The summed E-state index contributed by atoms with van der Waals surface area (Å²) < 4.78 is 28.3. The second kappa shape index (κ2) is 4.58. The largest absolute Gasteiger partial charge is 0.490 e. The molecule has 1 aromatic rings. The summed E-state index contributed by atoms with van der Waals surface area (Å²) >= 11 is 0. The van der Waals surface area contributed by atoms with Gasteiger partial charge in [0.25, 0.3) is 5.91 Å². The molecule has 1 aromatic carbocycles. The van der Waals surface area contributed by atoms with Gasteiger partial charge in [0.05, 0.1) is 16.6 Å². The molecule has 3 N–H and O–H groups in total. The number of carbonyl (C=O) groups excluding carboxylic acids is 1. The highest BCUT2D eigenvalue weighted by atomic mass is 32.2. The summed E-state index contributed by atoms with van der Waals surface area (Å²) in [6.45, 7) is 0. The fourth-order valence-electron chi connectivity index (χ4n) is 1.52. The zero-order valence-electron chi connectivity index (χ0n) is 9.84. The number of ether oxygens (including phenoxy) is 1. The molecule has 2 rings (SSSR count). The van der Waals surface area contributed by atoms with Crippen LogP contribution in [0.4, 0.5) is 0 Å². The van der Waals surface area contributed by atoms with E-state index in [0.717, 1.165) is 12.8 Å². The van der Waals surface area contributed by atoms with Crippen LogP contribution in [0.5, 0.6) is 5.75 Å². The topological polar surface area (TPSA) is 98.5 Å². The van der Waals surface area contributed by atoms with Gasteiger partial charge in [-0.15, -0.1) is 0 Å².